The molecule has 3 aromatic heterocycles. The van der Waals surface area contributed by atoms with E-state index in [1.807, 2.05) is 41.8 Å². The molecule has 0 aliphatic carbocycles. The fourth-order valence-electron chi connectivity index (χ4n) is 2.71. The molecule has 0 radical (unpaired) electrons. The van der Waals surface area contributed by atoms with E-state index in [1.54, 1.807) is 18.3 Å². The first-order valence-corrected chi connectivity index (χ1v) is 7.20. The number of nitrogens with one attached hydrogen (secondary N) is 1. The van der Waals surface area contributed by atoms with Crippen LogP contribution in [0.2, 0.25) is 5.15 Å². The van der Waals surface area contributed by atoms with Gasteiger partial charge in [-0.25, -0.2) is 9.78 Å². The number of aromatic nitrogens is 4. The molecule has 6 heteroatoms. The maximum Gasteiger partial charge on any atom is 0.406 e. The lowest BCUT2D eigenvalue weighted by molar-refractivity contribution is -0.555. The Bertz CT molecular complexity index is 1060. The van der Waals surface area contributed by atoms with Crippen molar-refractivity contribution in [3.05, 3.63) is 69.7 Å². The summed E-state index contributed by atoms with van der Waals surface area (Å²) in [4.78, 5) is 16.8. The molecular formula is C16H12ClN4O+. The fraction of sp³-hybridized carbons (Fsp3) is 0.0625. The molecule has 4 aromatic rings. The molecule has 1 N–H and O–H groups in total. The molecular weight excluding hydrogens is 300 g/mol. The van der Waals surface area contributed by atoms with E-state index in [0.717, 1.165) is 16.5 Å². The Labute approximate surface area is 130 Å². The third kappa shape index (κ3) is 1.83. The van der Waals surface area contributed by atoms with Gasteiger partial charge < -0.3 is 0 Å². The predicted molar refractivity (Wildman–Crippen MR) is 84.6 cm³/mol. The highest BCUT2D eigenvalue weighted by Crippen LogP contribution is 2.14. The first-order chi connectivity index (χ1) is 10.6. The summed E-state index contributed by atoms with van der Waals surface area (Å²) in [6.45, 7) is 1.93. The number of aromatic amines is 1. The number of aryl methyl sites for hydroxylation is 1. The van der Waals surface area contributed by atoms with Crippen LogP contribution in [0.3, 0.4) is 0 Å². The number of nitrogens with zero attached hydrogens (tertiary/aromatic N) is 3. The molecule has 3 heterocycles. The summed E-state index contributed by atoms with van der Waals surface area (Å²) in [6, 6.07) is 13.4. The van der Waals surface area contributed by atoms with Gasteiger partial charge in [0.1, 0.15) is 5.15 Å². The topological polar surface area (TPSA) is 54.8 Å². The molecule has 1 aromatic carbocycles. The van der Waals surface area contributed by atoms with Crippen LogP contribution in [0.4, 0.5) is 0 Å². The van der Waals surface area contributed by atoms with Crippen molar-refractivity contribution in [2.24, 2.45) is 0 Å². The number of hydrogen-bond acceptors (Lipinski definition) is 2. The van der Waals surface area contributed by atoms with Crippen LogP contribution in [-0.2, 0) is 0 Å². The lowest BCUT2D eigenvalue weighted by Crippen LogP contribution is -2.26. The van der Waals surface area contributed by atoms with Crippen LogP contribution in [0, 0.1) is 6.92 Å². The Morgan fingerprint density at radius 3 is 2.82 bits per heavy atom. The van der Waals surface area contributed by atoms with Crippen LogP contribution in [0.15, 0.2) is 53.5 Å². The minimum Gasteiger partial charge on any atom is -0.240 e. The van der Waals surface area contributed by atoms with Crippen LogP contribution in [0.1, 0.15) is 5.56 Å². The minimum atomic E-state index is -0.118. The summed E-state index contributed by atoms with van der Waals surface area (Å²) >= 11 is 5.81. The van der Waals surface area contributed by atoms with E-state index in [-0.39, 0.29) is 5.56 Å². The molecule has 0 saturated carbocycles. The third-order valence-corrected chi connectivity index (χ3v) is 3.95. The number of halogens is 1. The second-order valence-corrected chi connectivity index (χ2v) is 5.54. The highest BCUT2D eigenvalue weighted by atomic mass is 35.5. The number of fused-ring (bicyclic) bond motifs is 3. The smallest absolute Gasteiger partial charge is 0.240 e. The first kappa shape index (κ1) is 13.0. The molecule has 0 saturated heterocycles. The highest BCUT2D eigenvalue weighted by Gasteiger charge is 2.21. The summed E-state index contributed by atoms with van der Waals surface area (Å²) < 4.78 is 3.28. The molecule has 0 aliphatic rings. The van der Waals surface area contributed by atoms with Crippen LogP contribution in [0.25, 0.3) is 22.1 Å². The van der Waals surface area contributed by atoms with Crippen molar-refractivity contribution in [1.82, 2.24) is 14.9 Å². The average Bonchev–Trinajstić information content (AvgIpc) is 2.87. The van der Waals surface area contributed by atoms with Crippen LogP contribution < -0.4 is 10.1 Å². The van der Waals surface area contributed by atoms with Crippen LogP contribution in [0.5, 0.6) is 0 Å². The van der Waals surface area contributed by atoms with Gasteiger partial charge in [-0.05, 0) is 31.2 Å². The minimum absolute atomic E-state index is 0.118. The standard InChI is InChI=1S/C16H11ClN4O/c1-10-8-11-4-2-3-5-13(11)21-15(10)16(22)20(19-21)12-6-7-14(17)18-9-12/h2-9H,1H3/p+1. The Morgan fingerprint density at radius 2 is 2.05 bits per heavy atom. The van der Waals surface area contributed by atoms with Crippen molar-refractivity contribution in [3.63, 3.8) is 0 Å². The third-order valence-electron chi connectivity index (χ3n) is 3.72. The quantitative estimate of drug-likeness (QED) is 0.433. The number of H-pyrrole nitrogens is 1. The van der Waals surface area contributed by atoms with Crippen molar-refractivity contribution in [2.75, 3.05) is 0 Å². The number of rotatable bonds is 1. The van der Waals surface area contributed by atoms with Crippen molar-refractivity contribution in [1.29, 1.82) is 0 Å². The number of benzene rings is 1. The summed E-state index contributed by atoms with van der Waals surface area (Å²) in [7, 11) is 0. The molecule has 0 spiro atoms. The van der Waals surface area contributed by atoms with Crippen molar-refractivity contribution >= 4 is 28.0 Å². The van der Waals surface area contributed by atoms with E-state index in [4.69, 9.17) is 11.6 Å². The van der Waals surface area contributed by atoms with Crippen molar-refractivity contribution in [2.45, 2.75) is 6.92 Å². The molecule has 4 rings (SSSR count). The van der Waals surface area contributed by atoms with E-state index in [2.05, 4.69) is 10.2 Å². The molecule has 0 amide bonds. The Hall–Kier alpha value is -2.66. The van der Waals surface area contributed by atoms with Crippen LogP contribution >= 0.6 is 11.6 Å². The molecule has 0 aliphatic heterocycles. The fourth-order valence-corrected chi connectivity index (χ4v) is 2.82. The second-order valence-electron chi connectivity index (χ2n) is 5.15. The van der Waals surface area contributed by atoms with Gasteiger partial charge in [0.05, 0.1) is 6.20 Å². The van der Waals surface area contributed by atoms with Gasteiger partial charge in [-0.3, -0.25) is 0 Å². The lowest BCUT2D eigenvalue weighted by Gasteiger charge is -1.97. The summed E-state index contributed by atoms with van der Waals surface area (Å²) in [6.07, 6.45) is 1.57. The van der Waals surface area contributed by atoms with Gasteiger partial charge in [0.2, 0.25) is 5.52 Å². The largest absolute Gasteiger partial charge is 0.406 e. The normalized spacial score (nSPS) is 11.4. The van der Waals surface area contributed by atoms with Gasteiger partial charge in [0.25, 0.3) is 0 Å². The molecule has 22 heavy (non-hydrogen) atoms. The zero-order valence-corrected chi connectivity index (χ0v) is 12.5. The molecule has 108 valence electrons. The number of hydrogen-bond donors (Lipinski definition) is 1. The predicted octanol–water partition coefficient (Wildman–Crippen LogP) is 2.41. The number of para-hydroxylation sites is 1. The van der Waals surface area contributed by atoms with Gasteiger partial charge in [0, 0.05) is 10.9 Å². The van der Waals surface area contributed by atoms with Crippen LogP contribution in [-0.4, -0.2) is 14.9 Å². The van der Waals surface area contributed by atoms with Gasteiger partial charge >= 0.3 is 5.56 Å². The van der Waals surface area contributed by atoms with Gasteiger partial charge in [0.15, 0.2) is 11.2 Å². The van der Waals surface area contributed by atoms with E-state index in [9.17, 15) is 4.79 Å². The Balaban J connectivity index is 2.12. The zero-order chi connectivity index (χ0) is 15.3. The van der Waals surface area contributed by atoms with Gasteiger partial charge in [-0.1, -0.05) is 39.7 Å². The number of pyridine rings is 2. The molecule has 0 atom stereocenters. The Morgan fingerprint density at radius 1 is 1.23 bits per heavy atom. The maximum absolute atomic E-state index is 12.7. The average molecular weight is 312 g/mol. The van der Waals surface area contributed by atoms with Crippen molar-refractivity contribution < 1.29 is 4.52 Å². The van der Waals surface area contributed by atoms with E-state index in [1.165, 1.54) is 4.68 Å². The first-order valence-electron chi connectivity index (χ1n) is 6.82. The summed E-state index contributed by atoms with van der Waals surface area (Å²) in [5.41, 5.74) is 3.00. The van der Waals surface area contributed by atoms with E-state index < -0.39 is 0 Å². The molecule has 0 unspecified atom stereocenters. The highest BCUT2D eigenvalue weighted by molar-refractivity contribution is 6.29. The lowest BCUT2D eigenvalue weighted by atomic mass is 10.1. The second kappa shape index (κ2) is 4.68. The van der Waals surface area contributed by atoms with Crippen molar-refractivity contribution in [3.8, 4) is 5.69 Å². The van der Waals surface area contributed by atoms with E-state index >= 15 is 0 Å². The molecule has 0 bridgehead atoms. The zero-order valence-electron chi connectivity index (χ0n) is 11.7. The van der Waals surface area contributed by atoms with Gasteiger partial charge in [-0.2, -0.15) is 0 Å². The molecule has 5 nitrogen and oxygen atoms in total. The van der Waals surface area contributed by atoms with Gasteiger partial charge in [-0.15, -0.1) is 4.52 Å². The monoisotopic (exact) mass is 311 g/mol. The maximum atomic E-state index is 12.7. The summed E-state index contributed by atoms with van der Waals surface area (Å²) in [5, 5.41) is 4.58. The van der Waals surface area contributed by atoms with E-state index in [0.29, 0.717) is 16.4 Å². The Kier molecular flexibility index (Phi) is 2.77. The molecule has 0 fully saturated rings. The summed E-state index contributed by atoms with van der Waals surface area (Å²) in [5.74, 6) is 0. The SMILES string of the molecule is Cc1cc2ccccc2[n+]2[nH]n(-c3ccc(Cl)nc3)c(=O)c12.